The molecule has 1 aliphatic rings. The van der Waals surface area contributed by atoms with E-state index in [4.69, 9.17) is 5.84 Å². The fourth-order valence-electron chi connectivity index (χ4n) is 2.39. The van der Waals surface area contributed by atoms with E-state index in [0.29, 0.717) is 25.0 Å². The summed E-state index contributed by atoms with van der Waals surface area (Å²) in [5, 5.41) is 3.29. The van der Waals surface area contributed by atoms with Crippen molar-refractivity contribution in [2.24, 2.45) is 10.8 Å². The summed E-state index contributed by atoms with van der Waals surface area (Å²) in [7, 11) is 0. The summed E-state index contributed by atoms with van der Waals surface area (Å²) in [6, 6.07) is 0.466. The van der Waals surface area contributed by atoms with Gasteiger partial charge in [0, 0.05) is 25.6 Å². The number of carbonyl (C=O) groups is 1. The molecule has 0 aromatic heterocycles. The molecule has 1 rings (SSSR count). The number of nitrogens with one attached hydrogen (secondary N) is 2. The molecule has 0 atom stereocenters. The van der Waals surface area contributed by atoms with Crippen LogP contribution in [0.3, 0.4) is 0 Å². The van der Waals surface area contributed by atoms with E-state index in [1.54, 1.807) is 0 Å². The lowest BCUT2D eigenvalue weighted by Crippen LogP contribution is -2.45. The van der Waals surface area contributed by atoms with Crippen molar-refractivity contribution in [1.82, 2.24) is 15.6 Å². The Balaban J connectivity index is 2.33. The van der Waals surface area contributed by atoms with Gasteiger partial charge in [-0.2, -0.15) is 0 Å². The first-order valence-electron chi connectivity index (χ1n) is 7.26. The van der Waals surface area contributed by atoms with E-state index in [0.717, 1.165) is 13.1 Å². The molecule has 0 aliphatic heterocycles. The number of nitrogens with two attached hydrogens (primary N) is 1. The van der Waals surface area contributed by atoms with Crippen molar-refractivity contribution in [3.05, 3.63) is 0 Å². The van der Waals surface area contributed by atoms with Crippen LogP contribution in [-0.4, -0.2) is 42.4 Å². The minimum absolute atomic E-state index is 0.144. The van der Waals surface area contributed by atoms with Crippen LogP contribution in [-0.2, 0) is 4.79 Å². The Morgan fingerprint density at radius 2 is 1.95 bits per heavy atom. The number of hydrogen-bond donors (Lipinski definition) is 3. The van der Waals surface area contributed by atoms with E-state index in [9.17, 15) is 4.79 Å². The second-order valence-corrected chi connectivity index (χ2v) is 4.82. The number of hydrazine groups is 1. The molecule has 0 heterocycles. The fourth-order valence-corrected chi connectivity index (χ4v) is 2.39. The van der Waals surface area contributed by atoms with Crippen LogP contribution < -0.4 is 16.6 Å². The first kappa shape index (κ1) is 15.8. The minimum atomic E-state index is 0.144. The maximum absolute atomic E-state index is 11.8. The number of carbonyl (C=O) groups excluding carboxylic acids is 1. The molecule has 6 heteroatoms. The number of nitrogens with zero attached hydrogens (tertiary/aromatic N) is 2. The highest BCUT2D eigenvalue weighted by molar-refractivity contribution is 5.80. The van der Waals surface area contributed by atoms with Gasteiger partial charge in [-0.25, -0.2) is 5.84 Å². The van der Waals surface area contributed by atoms with Crippen LogP contribution in [0, 0.1) is 0 Å². The minimum Gasteiger partial charge on any atom is -0.353 e. The molecule has 6 nitrogen and oxygen atoms in total. The van der Waals surface area contributed by atoms with Gasteiger partial charge in [0.05, 0.1) is 6.54 Å². The summed E-state index contributed by atoms with van der Waals surface area (Å²) >= 11 is 0. The molecule has 0 aromatic carbocycles. The first-order valence-corrected chi connectivity index (χ1v) is 7.26. The maximum atomic E-state index is 11.8. The number of guanidine groups is 1. The molecule has 1 fully saturated rings. The molecule has 0 spiro atoms. The van der Waals surface area contributed by atoms with Crippen LogP contribution >= 0.6 is 0 Å². The molecule has 0 saturated heterocycles. The molecular formula is C13H27N5O. The van der Waals surface area contributed by atoms with Gasteiger partial charge in [0.25, 0.3) is 0 Å². The third-order valence-corrected chi connectivity index (χ3v) is 3.54. The van der Waals surface area contributed by atoms with E-state index in [1.165, 1.54) is 25.7 Å². The van der Waals surface area contributed by atoms with Gasteiger partial charge in [-0.15, -0.1) is 0 Å². The van der Waals surface area contributed by atoms with Crippen molar-refractivity contribution < 1.29 is 4.79 Å². The van der Waals surface area contributed by atoms with E-state index < -0.39 is 0 Å². The lowest BCUT2D eigenvalue weighted by molar-refractivity contribution is -0.130. The second kappa shape index (κ2) is 8.74. The molecule has 0 unspecified atom stereocenters. The van der Waals surface area contributed by atoms with Crippen molar-refractivity contribution in [1.29, 1.82) is 0 Å². The maximum Gasteiger partial charge on any atom is 0.224 e. The van der Waals surface area contributed by atoms with Crippen LogP contribution in [0.15, 0.2) is 4.99 Å². The van der Waals surface area contributed by atoms with Gasteiger partial charge in [0.1, 0.15) is 0 Å². The van der Waals surface area contributed by atoms with Crippen LogP contribution in [0.2, 0.25) is 0 Å². The second-order valence-electron chi connectivity index (χ2n) is 4.82. The summed E-state index contributed by atoms with van der Waals surface area (Å²) in [5.74, 6) is 6.18. The van der Waals surface area contributed by atoms with Crippen molar-refractivity contribution in [2.45, 2.75) is 52.0 Å². The van der Waals surface area contributed by atoms with Crippen LogP contribution in [0.1, 0.15) is 46.0 Å². The number of hydrogen-bond acceptors (Lipinski definition) is 3. The normalized spacial score (nSPS) is 16.5. The van der Waals surface area contributed by atoms with Gasteiger partial charge in [-0.1, -0.05) is 12.8 Å². The predicted molar refractivity (Wildman–Crippen MR) is 77.6 cm³/mol. The Morgan fingerprint density at radius 3 is 2.47 bits per heavy atom. The highest BCUT2D eigenvalue weighted by atomic mass is 16.2. The Labute approximate surface area is 115 Å². The van der Waals surface area contributed by atoms with E-state index in [1.807, 2.05) is 18.7 Å². The van der Waals surface area contributed by atoms with E-state index in [-0.39, 0.29) is 5.91 Å². The van der Waals surface area contributed by atoms with Gasteiger partial charge in [0.15, 0.2) is 0 Å². The molecule has 1 saturated carbocycles. The molecule has 0 radical (unpaired) electrons. The van der Waals surface area contributed by atoms with Gasteiger partial charge < -0.3 is 10.2 Å². The van der Waals surface area contributed by atoms with Gasteiger partial charge in [-0.3, -0.25) is 15.2 Å². The van der Waals surface area contributed by atoms with Crippen LogP contribution in [0.4, 0.5) is 0 Å². The van der Waals surface area contributed by atoms with E-state index in [2.05, 4.69) is 15.7 Å². The van der Waals surface area contributed by atoms with Crippen molar-refractivity contribution in [3.63, 3.8) is 0 Å². The Kier molecular flexibility index (Phi) is 7.25. The SMILES string of the molecule is CCN(CC)C(=O)CCN=C(NN)NC1CCCC1. The highest BCUT2D eigenvalue weighted by Gasteiger charge is 2.15. The molecule has 19 heavy (non-hydrogen) atoms. The van der Waals surface area contributed by atoms with E-state index >= 15 is 0 Å². The number of amides is 1. The molecule has 4 N–H and O–H groups in total. The average molecular weight is 269 g/mol. The Morgan fingerprint density at radius 1 is 1.32 bits per heavy atom. The monoisotopic (exact) mass is 269 g/mol. The lowest BCUT2D eigenvalue weighted by Gasteiger charge is -2.18. The number of aliphatic imine (C=N–C) groups is 1. The molecule has 1 amide bonds. The van der Waals surface area contributed by atoms with Gasteiger partial charge >= 0.3 is 0 Å². The zero-order chi connectivity index (χ0) is 14.1. The quantitative estimate of drug-likeness (QED) is 0.285. The van der Waals surface area contributed by atoms with Crippen LogP contribution in [0.5, 0.6) is 0 Å². The zero-order valence-corrected chi connectivity index (χ0v) is 12.1. The topological polar surface area (TPSA) is 82.8 Å². The summed E-state index contributed by atoms with van der Waals surface area (Å²) in [4.78, 5) is 17.9. The number of rotatable bonds is 6. The average Bonchev–Trinajstić information content (AvgIpc) is 2.92. The standard InChI is InChI=1S/C13H27N5O/c1-3-18(4-2)12(19)9-10-15-13(17-14)16-11-7-5-6-8-11/h11H,3-10,14H2,1-2H3,(H2,15,16,17). The summed E-state index contributed by atoms with van der Waals surface area (Å²) in [6.07, 6.45) is 5.28. The first-order chi connectivity index (χ1) is 9.21. The van der Waals surface area contributed by atoms with Crippen LogP contribution in [0.25, 0.3) is 0 Å². The summed E-state index contributed by atoms with van der Waals surface area (Å²) in [5.41, 5.74) is 2.57. The molecule has 1 aliphatic carbocycles. The van der Waals surface area contributed by atoms with Gasteiger partial charge in [0.2, 0.25) is 11.9 Å². The summed E-state index contributed by atoms with van der Waals surface area (Å²) < 4.78 is 0. The Bertz CT molecular complexity index is 295. The third kappa shape index (κ3) is 5.46. The lowest BCUT2D eigenvalue weighted by atomic mass is 10.2. The smallest absolute Gasteiger partial charge is 0.224 e. The molecule has 0 bridgehead atoms. The van der Waals surface area contributed by atoms with Gasteiger partial charge in [-0.05, 0) is 26.7 Å². The van der Waals surface area contributed by atoms with Crippen molar-refractivity contribution in [2.75, 3.05) is 19.6 Å². The third-order valence-electron chi connectivity index (χ3n) is 3.54. The highest BCUT2D eigenvalue weighted by Crippen LogP contribution is 2.17. The molecular weight excluding hydrogens is 242 g/mol. The predicted octanol–water partition coefficient (Wildman–Crippen LogP) is 0.596. The summed E-state index contributed by atoms with van der Waals surface area (Å²) in [6.45, 7) is 5.94. The van der Waals surface area contributed by atoms with Crippen molar-refractivity contribution >= 4 is 11.9 Å². The molecule has 110 valence electrons. The Hall–Kier alpha value is -1.30. The zero-order valence-electron chi connectivity index (χ0n) is 12.1. The fraction of sp³-hybridized carbons (Fsp3) is 0.846. The van der Waals surface area contributed by atoms with Crippen molar-refractivity contribution in [3.8, 4) is 0 Å². The largest absolute Gasteiger partial charge is 0.353 e. The molecule has 0 aromatic rings.